The molecule has 0 aliphatic rings. The van der Waals surface area contributed by atoms with E-state index in [1.54, 1.807) is 0 Å². The molecule has 3 heteroatoms. The van der Waals surface area contributed by atoms with Crippen LogP contribution in [0.25, 0.3) is 10.9 Å². The standard InChI is InChI=1S/C18H20N2.ClH/c1-14(19-12-15-7-3-2-4-8-15)11-16-13-20-18-10-6-5-9-17(16)18;/h2-10,13-14,19-20H,11-12H2,1H3;1H/t14-;/m1./s1. The first-order chi connectivity index (χ1) is 9.83. The van der Waals surface area contributed by atoms with Gasteiger partial charge in [-0.1, -0.05) is 48.5 Å². The summed E-state index contributed by atoms with van der Waals surface area (Å²) in [4.78, 5) is 3.34. The van der Waals surface area contributed by atoms with E-state index in [1.165, 1.54) is 22.0 Å². The SMILES string of the molecule is C[C@H](Cc1c[nH]c2ccccc12)NCc1ccccc1.Cl. The van der Waals surface area contributed by atoms with Crippen LogP contribution in [0.2, 0.25) is 0 Å². The van der Waals surface area contributed by atoms with E-state index >= 15 is 0 Å². The number of rotatable bonds is 5. The van der Waals surface area contributed by atoms with Crippen molar-refractivity contribution in [2.24, 2.45) is 0 Å². The van der Waals surface area contributed by atoms with Crippen LogP contribution in [-0.4, -0.2) is 11.0 Å². The Bertz CT molecular complexity index is 676. The van der Waals surface area contributed by atoms with Crippen LogP contribution in [0.3, 0.4) is 0 Å². The Kier molecular flexibility index (Phi) is 5.43. The molecule has 1 aromatic heterocycles. The molecule has 2 N–H and O–H groups in total. The number of aromatic nitrogens is 1. The topological polar surface area (TPSA) is 27.8 Å². The molecule has 110 valence electrons. The number of halogens is 1. The van der Waals surface area contributed by atoms with E-state index in [4.69, 9.17) is 0 Å². The van der Waals surface area contributed by atoms with Gasteiger partial charge >= 0.3 is 0 Å². The van der Waals surface area contributed by atoms with E-state index in [0.29, 0.717) is 6.04 Å². The van der Waals surface area contributed by atoms with E-state index in [9.17, 15) is 0 Å². The largest absolute Gasteiger partial charge is 0.361 e. The quantitative estimate of drug-likeness (QED) is 0.722. The molecule has 3 rings (SSSR count). The second-order valence-corrected chi connectivity index (χ2v) is 5.33. The third-order valence-electron chi connectivity index (χ3n) is 3.70. The summed E-state index contributed by atoms with van der Waals surface area (Å²) in [5.41, 5.74) is 3.93. The van der Waals surface area contributed by atoms with Crippen molar-refractivity contribution in [2.75, 3.05) is 0 Å². The van der Waals surface area contributed by atoms with Crippen molar-refractivity contribution in [3.8, 4) is 0 Å². The summed E-state index contributed by atoms with van der Waals surface area (Å²) >= 11 is 0. The fraction of sp³-hybridized carbons (Fsp3) is 0.222. The molecule has 0 bridgehead atoms. The molecular formula is C18H21ClN2. The molecular weight excluding hydrogens is 280 g/mol. The smallest absolute Gasteiger partial charge is 0.0456 e. The van der Waals surface area contributed by atoms with Crippen LogP contribution in [0.1, 0.15) is 18.1 Å². The van der Waals surface area contributed by atoms with Crippen molar-refractivity contribution >= 4 is 23.3 Å². The molecule has 0 fully saturated rings. The number of fused-ring (bicyclic) bond motifs is 1. The van der Waals surface area contributed by atoms with Gasteiger partial charge in [0.05, 0.1) is 0 Å². The maximum Gasteiger partial charge on any atom is 0.0456 e. The molecule has 0 radical (unpaired) electrons. The number of H-pyrrole nitrogens is 1. The van der Waals surface area contributed by atoms with Crippen molar-refractivity contribution in [2.45, 2.75) is 25.9 Å². The molecule has 0 amide bonds. The monoisotopic (exact) mass is 300 g/mol. The first kappa shape index (κ1) is 15.6. The summed E-state index contributed by atoms with van der Waals surface area (Å²) in [6.07, 6.45) is 3.17. The van der Waals surface area contributed by atoms with Crippen LogP contribution >= 0.6 is 12.4 Å². The molecule has 21 heavy (non-hydrogen) atoms. The number of aromatic amines is 1. The molecule has 0 saturated heterocycles. The minimum Gasteiger partial charge on any atom is -0.361 e. The van der Waals surface area contributed by atoms with Gasteiger partial charge < -0.3 is 10.3 Å². The Morgan fingerprint density at radius 3 is 2.52 bits per heavy atom. The minimum absolute atomic E-state index is 0. The van der Waals surface area contributed by atoms with Gasteiger partial charge in [0.15, 0.2) is 0 Å². The van der Waals surface area contributed by atoms with Gasteiger partial charge in [-0.25, -0.2) is 0 Å². The Balaban J connectivity index is 0.00000161. The summed E-state index contributed by atoms with van der Waals surface area (Å²) < 4.78 is 0. The highest BCUT2D eigenvalue weighted by Gasteiger charge is 2.07. The van der Waals surface area contributed by atoms with Crippen LogP contribution in [0.15, 0.2) is 60.8 Å². The van der Waals surface area contributed by atoms with Gasteiger partial charge in [0, 0.05) is 29.7 Å². The highest BCUT2D eigenvalue weighted by atomic mass is 35.5. The summed E-state index contributed by atoms with van der Waals surface area (Å²) in [6, 6.07) is 19.5. The van der Waals surface area contributed by atoms with Crippen molar-refractivity contribution in [1.29, 1.82) is 0 Å². The van der Waals surface area contributed by atoms with E-state index in [1.807, 2.05) is 0 Å². The lowest BCUT2D eigenvalue weighted by atomic mass is 10.1. The Morgan fingerprint density at radius 2 is 1.71 bits per heavy atom. The Hall–Kier alpha value is -1.77. The minimum atomic E-state index is 0. The van der Waals surface area contributed by atoms with Crippen molar-refractivity contribution in [3.05, 3.63) is 71.9 Å². The normalized spacial score (nSPS) is 12.0. The van der Waals surface area contributed by atoms with Gasteiger partial charge in [-0.15, -0.1) is 12.4 Å². The Morgan fingerprint density at radius 1 is 1.00 bits per heavy atom. The number of hydrogen-bond acceptors (Lipinski definition) is 1. The number of nitrogens with one attached hydrogen (secondary N) is 2. The van der Waals surface area contributed by atoms with E-state index < -0.39 is 0 Å². The van der Waals surface area contributed by atoms with Gasteiger partial charge in [-0.05, 0) is 30.5 Å². The predicted molar refractivity (Wildman–Crippen MR) is 92.0 cm³/mol. The average Bonchev–Trinajstić information content (AvgIpc) is 2.90. The molecule has 1 heterocycles. The second-order valence-electron chi connectivity index (χ2n) is 5.33. The zero-order valence-corrected chi connectivity index (χ0v) is 13.0. The summed E-state index contributed by atoms with van der Waals surface area (Å²) in [6.45, 7) is 3.16. The maximum absolute atomic E-state index is 3.59. The van der Waals surface area contributed by atoms with Gasteiger partial charge in [0.25, 0.3) is 0 Å². The van der Waals surface area contributed by atoms with Crippen LogP contribution in [0, 0.1) is 0 Å². The fourth-order valence-electron chi connectivity index (χ4n) is 2.59. The van der Waals surface area contributed by atoms with Crippen LogP contribution in [-0.2, 0) is 13.0 Å². The molecule has 0 aliphatic carbocycles. The lowest BCUT2D eigenvalue weighted by molar-refractivity contribution is 0.547. The summed E-state index contributed by atoms with van der Waals surface area (Å²) in [5.74, 6) is 0. The lowest BCUT2D eigenvalue weighted by Crippen LogP contribution is -2.27. The molecule has 2 aromatic carbocycles. The van der Waals surface area contributed by atoms with Crippen LogP contribution < -0.4 is 5.32 Å². The van der Waals surface area contributed by atoms with Gasteiger partial charge in [0.1, 0.15) is 0 Å². The van der Waals surface area contributed by atoms with Crippen LogP contribution in [0.4, 0.5) is 0 Å². The molecule has 2 nitrogen and oxygen atoms in total. The van der Waals surface area contributed by atoms with Crippen molar-refractivity contribution in [3.63, 3.8) is 0 Å². The number of para-hydroxylation sites is 1. The zero-order valence-electron chi connectivity index (χ0n) is 12.2. The highest BCUT2D eigenvalue weighted by Crippen LogP contribution is 2.19. The van der Waals surface area contributed by atoms with Gasteiger partial charge in [-0.3, -0.25) is 0 Å². The predicted octanol–water partition coefficient (Wildman–Crippen LogP) is 4.31. The fourth-order valence-corrected chi connectivity index (χ4v) is 2.59. The maximum atomic E-state index is 3.59. The molecule has 0 aliphatic heterocycles. The third kappa shape index (κ3) is 3.87. The van der Waals surface area contributed by atoms with E-state index in [-0.39, 0.29) is 12.4 Å². The summed E-state index contributed by atoms with van der Waals surface area (Å²) in [7, 11) is 0. The first-order valence-electron chi connectivity index (χ1n) is 7.15. The Labute approximate surface area is 132 Å². The second kappa shape index (κ2) is 7.30. The molecule has 1 atom stereocenters. The number of hydrogen-bond donors (Lipinski definition) is 2. The summed E-state index contributed by atoms with van der Waals surface area (Å²) in [5, 5.41) is 4.92. The first-order valence-corrected chi connectivity index (χ1v) is 7.15. The van der Waals surface area contributed by atoms with E-state index in [2.05, 4.69) is 78.0 Å². The van der Waals surface area contributed by atoms with Crippen molar-refractivity contribution in [1.82, 2.24) is 10.3 Å². The molecule has 0 saturated carbocycles. The molecule has 0 unspecified atom stereocenters. The average molecular weight is 301 g/mol. The highest BCUT2D eigenvalue weighted by molar-refractivity contribution is 5.85. The molecule has 0 spiro atoms. The van der Waals surface area contributed by atoms with Crippen molar-refractivity contribution < 1.29 is 0 Å². The van der Waals surface area contributed by atoms with E-state index in [0.717, 1.165) is 13.0 Å². The third-order valence-corrected chi connectivity index (χ3v) is 3.70. The van der Waals surface area contributed by atoms with Gasteiger partial charge in [0.2, 0.25) is 0 Å². The number of benzene rings is 2. The molecule has 3 aromatic rings. The lowest BCUT2D eigenvalue weighted by Gasteiger charge is -2.13. The van der Waals surface area contributed by atoms with Gasteiger partial charge in [-0.2, -0.15) is 0 Å². The zero-order chi connectivity index (χ0) is 13.8. The van der Waals surface area contributed by atoms with Crippen LogP contribution in [0.5, 0.6) is 0 Å².